The molecule has 0 aliphatic carbocycles. The number of nitrogens with one attached hydrogen (secondary N) is 2. The number of anilines is 1. The molecule has 0 aliphatic rings. The van der Waals surface area contributed by atoms with Gasteiger partial charge >= 0.3 is 6.09 Å². The number of benzene rings is 1. The molecule has 0 saturated heterocycles. The van der Waals surface area contributed by atoms with E-state index >= 15 is 0 Å². The number of nitrogens with two attached hydrogens (primary N) is 1. The van der Waals surface area contributed by atoms with Gasteiger partial charge in [-0.1, -0.05) is 17.7 Å². The molecule has 0 fully saturated rings. The number of ether oxygens (including phenoxy) is 1. The number of hydrogen-bond donors (Lipinski definition) is 3. The summed E-state index contributed by atoms with van der Waals surface area (Å²) in [6.07, 6.45) is -0.456. The molecule has 0 radical (unpaired) electrons. The van der Waals surface area contributed by atoms with Crippen LogP contribution in [0.15, 0.2) is 29.3 Å². The fraction of sp³-hybridized carbons (Fsp3) is 0.467. The summed E-state index contributed by atoms with van der Waals surface area (Å²) in [4.78, 5) is 15.5. The third-order valence-electron chi connectivity index (χ3n) is 2.39. The van der Waals surface area contributed by atoms with Gasteiger partial charge < -0.3 is 21.1 Å². The van der Waals surface area contributed by atoms with Gasteiger partial charge in [0.25, 0.3) is 0 Å². The van der Waals surface area contributed by atoms with Crippen molar-refractivity contribution in [3.8, 4) is 0 Å². The molecule has 0 aliphatic heterocycles. The second-order valence-electron chi connectivity index (χ2n) is 5.69. The van der Waals surface area contributed by atoms with Gasteiger partial charge in [0.05, 0.1) is 6.54 Å². The summed E-state index contributed by atoms with van der Waals surface area (Å²) >= 11 is 0. The first-order chi connectivity index (χ1) is 9.76. The third kappa shape index (κ3) is 9.43. The standard InChI is InChI=1S/C15H24N4O2.HI/c1-11-5-7-12(8-6-11)19-13(16)17-9-10-18-14(20)21-15(2,3)4;/h5-8H,9-10H2,1-4H3,(H,18,20)(H3,16,17,19);1H. The van der Waals surface area contributed by atoms with Crippen LogP contribution in [0.4, 0.5) is 10.5 Å². The second kappa shape index (κ2) is 9.50. The van der Waals surface area contributed by atoms with E-state index in [1.165, 1.54) is 5.56 Å². The minimum Gasteiger partial charge on any atom is -0.444 e. The van der Waals surface area contributed by atoms with Crippen molar-refractivity contribution >= 4 is 41.7 Å². The SMILES string of the molecule is Cc1ccc(NC(N)=NCCNC(=O)OC(C)(C)C)cc1.I. The molecule has 0 atom stereocenters. The lowest BCUT2D eigenvalue weighted by Gasteiger charge is -2.19. The number of aryl methyl sites for hydroxylation is 1. The molecule has 0 spiro atoms. The highest BCUT2D eigenvalue weighted by Crippen LogP contribution is 2.08. The van der Waals surface area contributed by atoms with E-state index in [9.17, 15) is 4.79 Å². The Labute approximate surface area is 148 Å². The molecule has 1 aromatic rings. The fourth-order valence-electron chi connectivity index (χ4n) is 1.47. The van der Waals surface area contributed by atoms with Gasteiger partial charge in [0.15, 0.2) is 5.96 Å². The van der Waals surface area contributed by atoms with Crippen LogP contribution >= 0.6 is 24.0 Å². The van der Waals surface area contributed by atoms with Crippen LogP contribution < -0.4 is 16.4 Å². The Kier molecular flexibility index (Phi) is 8.84. The van der Waals surface area contributed by atoms with E-state index in [1.807, 2.05) is 52.0 Å². The zero-order chi connectivity index (χ0) is 15.9. The summed E-state index contributed by atoms with van der Waals surface area (Å²) in [5.74, 6) is 0.310. The van der Waals surface area contributed by atoms with E-state index in [0.717, 1.165) is 5.69 Å². The highest BCUT2D eigenvalue weighted by molar-refractivity contribution is 14.0. The Morgan fingerprint density at radius 1 is 1.27 bits per heavy atom. The van der Waals surface area contributed by atoms with E-state index in [2.05, 4.69) is 15.6 Å². The average molecular weight is 420 g/mol. The number of rotatable bonds is 4. The van der Waals surface area contributed by atoms with Crippen molar-refractivity contribution in [3.05, 3.63) is 29.8 Å². The number of guanidine groups is 1. The first kappa shape index (κ1) is 20.5. The highest BCUT2D eigenvalue weighted by atomic mass is 127. The maximum atomic E-state index is 11.4. The van der Waals surface area contributed by atoms with Gasteiger partial charge in [0, 0.05) is 12.2 Å². The third-order valence-corrected chi connectivity index (χ3v) is 2.39. The molecule has 0 heterocycles. The molecule has 1 aromatic carbocycles. The van der Waals surface area contributed by atoms with E-state index < -0.39 is 11.7 Å². The summed E-state index contributed by atoms with van der Waals surface area (Å²) in [5, 5.41) is 5.59. The van der Waals surface area contributed by atoms with Gasteiger partial charge in [-0.2, -0.15) is 0 Å². The Bertz CT molecular complexity index is 495. The number of halogens is 1. The molecule has 7 heteroatoms. The Balaban J connectivity index is 0.00000441. The molecule has 124 valence electrons. The molecule has 6 nitrogen and oxygen atoms in total. The predicted molar refractivity (Wildman–Crippen MR) is 101 cm³/mol. The van der Waals surface area contributed by atoms with Crippen LogP contribution in [0.1, 0.15) is 26.3 Å². The van der Waals surface area contributed by atoms with E-state index in [4.69, 9.17) is 10.5 Å². The molecule has 0 bridgehead atoms. The van der Waals surface area contributed by atoms with Gasteiger partial charge in [-0.05, 0) is 39.8 Å². The second-order valence-corrected chi connectivity index (χ2v) is 5.69. The van der Waals surface area contributed by atoms with Crippen LogP contribution in [0.3, 0.4) is 0 Å². The Morgan fingerprint density at radius 3 is 2.41 bits per heavy atom. The summed E-state index contributed by atoms with van der Waals surface area (Å²) in [6, 6.07) is 7.83. The van der Waals surface area contributed by atoms with Crippen LogP contribution in [0.5, 0.6) is 0 Å². The van der Waals surface area contributed by atoms with Crippen molar-refractivity contribution in [1.29, 1.82) is 0 Å². The van der Waals surface area contributed by atoms with E-state index in [1.54, 1.807) is 0 Å². The topological polar surface area (TPSA) is 88.7 Å². The normalized spacial score (nSPS) is 11.4. The number of nitrogens with zero attached hydrogens (tertiary/aromatic N) is 1. The van der Waals surface area contributed by atoms with Crippen molar-refractivity contribution in [2.24, 2.45) is 10.7 Å². The van der Waals surface area contributed by atoms with Crippen molar-refractivity contribution < 1.29 is 9.53 Å². The van der Waals surface area contributed by atoms with Gasteiger partial charge in [0.2, 0.25) is 0 Å². The Hall–Kier alpha value is -1.51. The minimum atomic E-state index is -0.501. The van der Waals surface area contributed by atoms with Crippen LogP contribution in [0.2, 0.25) is 0 Å². The average Bonchev–Trinajstić information content (AvgIpc) is 2.35. The zero-order valence-electron chi connectivity index (χ0n) is 13.5. The lowest BCUT2D eigenvalue weighted by Crippen LogP contribution is -2.34. The zero-order valence-corrected chi connectivity index (χ0v) is 15.8. The summed E-state index contributed by atoms with van der Waals surface area (Å²) in [6.45, 7) is 8.20. The van der Waals surface area contributed by atoms with Crippen LogP contribution in [0.25, 0.3) is 0 Å². The molecule has 0 unspecified atom stereocenters. The molecule has 22 heavy (non-hydrogen) atoms. The lowest BCUT2D eigenvalue weighted by molar-refractivity contribution is 0.0529. The van der Waals surface area contributed by atoms with Gasteiger partial charge in [-0.25, -0.2) is 4.79 Å². The summed E-state index contributed by atoms with van der Waals surface area (Å²) in [5.41, 5.74) is 7.31. The molecule has 1 rings (SSSR count). The number of alkyl carbamates (subject to hydrolysis) is 1. The first-order valence-electron chi connectivity index (χ1n) is 6.87. The van der Waals surface area contributed by atoms with Gasteiger partial charge in [-0.3, -0.25) is 4.99 Å². The predicted octanol–water partition coefficient (Wildman–Crippen LogP) is 2.86. The summed E-state index contributed by atoms with van der Waals surface area (Å²) < 4.78 is 5.11. The summed E-state index contributed by atoms with van der Waals surface area (Å²) in [7, 11) is 0. The van der Waals surface area contributed by atoms with Crippen molar-refractivity contribution in [2.45, 2.75) is 33.3 Å². The van der Waals surface area contributed by atoms with E-state index in [0.29, 0.717) is 19.0 Å². The van der Waals surface area contributed by atoms with Crippen LogP contribution in [-0.2, 0) is 4.74 Å². The van der Waals surface area contributed by atoms with Crippen molar-refractivity contribution in [3.63, 3.8) is 0 Å². The van der Waals surface area contributed by atoms with Crippen LogP contribution in [-0.4, -0.2) is 30.7 Å². The number of aliphatic imine (C=N–C) groups is 1. The monoisotopic (exact) mass is 420 g/mol. The number of amides is 1. The number of carbonyl (C=O) groups excluding carboxylic acids is 1. The molecule has 4 N–H and O–H groups in total. The van der Waals surface area contributed by atoms with Gasteiger partial charge in [-0.15, -0.1) is 24.0 Å². The minimum absolute atomic E-state index is 0. The quantitative estimate of drug-likeness (QED) is 0.303. The largest absolute Gasteiger partial charge is 0.444 e. The number of carbonyl (C=O) groups is 1. The van der Waals surface area contributed by atoms with E-state index in [-0.39, 0.29) is 24.0 Å². The van der Waals surface area contributed by atoms with Crippen LogP contribution in [0, 0.1) is 6.92 Å². The number of hydrogen-bond acceptors (Lipinski definition) is 3. The first-order valence-corrected chi connectivity index (χ1v) is 6.87. The smallest absolute Gasteiger partial charge is 0.407 e. The maximum absolute atomic E-state index is 11.4. The fourth-order valence-corrected chi connectivity index (χ4v) is 1.47. The molecule has 0 saturated carbocycles. The highest BCUT2D eigenvalue weighted by Gasteiger charge is 2.15. The molecular weight excluding hydrogens is 395 g/mol. The van der Waals surface area contributed by atoms with Crippen molar-refractivity contribution in [2.75, 3.05) is 18.4 Å². The molecule has 0 aromatic heterocycles. The molecular formula is C15H25IN4O2. The van der Waals surface area contributed by atoms with Gasteiger partial charge in [0.1, 0.15) is 5.60 Å². The lowest BCUT2D eigenvalue weighted by atomic mass is 10.2. The molecule has 1 amide bonds. The van der Waals surface area contributed by atoms with Crippen molar-refractivity contribution in [1.82, 2.24) is 5.32 Å². The maximum Gasteiger partial charge on any atom is 0.407 e. The Morgan fingerprint density at radius 2 is 1.86 bits per heavy atom.